The van der Waals surface area contributed by atoms with Gasteiger partial charge in [0.1, 0.15) is 23.6 Å². The van der Waals surface area contributed by atoms with Crippen LogP contribution in [0.25, 0.3) is 0 Å². The van der Waals surface area contributed by atoms with E-state index in [1.807, 2.05) is 0 Å². The van der Waals surface area contributed by atoms with Crippen molar-refractivity contribution in [3.8, 4) is 0 Å². The number of primary amides is 1. The molecule has 0 radical (unpaired) electrons. The molecule has 1 heterocycles. The fraction of sp³-hybridized carbons (Fsp3) is 0.273. The second kappa shape index (κ2) is 4.93. The zero-order valence-corrected chi connectivity index (χ0v) is 10.0. The minimum Gasteiger partial charge on any atom is -0.368 e. The zero-order valence-electron chi connectivity index (χ0n) is 9.23. The third-order valence-corrected chi connectivity index (χ3v) is 3.76. The Labute approximate surface area is 106 Å². The molecule has 1 aliphatic heterocycles. The smallest absolute Gasteiger partial charge is 0.237 e. The summed E-state index contributed by atoms with van der Waals surface area (Å²) in [4.78, 5) is 23.7. The molecule has 7 heteroatoms. The van der Waals surface area contributed by atoms with E-state index in [4.69, 9.17) is 5.73 Å². The number of amides is 2. The number of carbonyl (C=O) groups excluding carboxylic acids is 2. The number of carbonyl (C=O) groups is 2. The summed E-state index contributed by atoms with van der Waals surface area (Å²) in [5.74, 6) is -2.23. The number of benzene rings is 1. The molecule has 0 bridgehead atoms. The van der Waals surface area contributed by atoms with Gasteiger partial charge in [0.15, 0.2) is 0 Å². The number of nitrogens with two attached hydrogens (primary N) is 1. The normalized spacial score (nSPS) is 19.3. The quantitative estimate of drug-likeness (QED) is 0.893. The Morgan fingerprint density at radius 1 is 1.50 bits per heavy atom. The summed E-state index contributed by atoms with van der Waals surface area (Å²) >= 11 is 1.18. The van der Waals surface area contributed by atoms with Gasteiger partial charge in [-0.2, -0.15) is 0 Å². The van der Waals surface area contributed by atoms with Gasteiger partial charge in [-0.15, -0.1) is 11.8 Å². The Kier molecular flexibility index (Phi) is 3.51. The van der Waals surface area contributed by atoms with Crippen molar-refractivity contribution in [3.05, 3.63) is 35.4 Å². The highest BCUT2D eigenvalue weighted by molar-refractivity contribution is 8.00. The Morgan fingerprint density at radius 3 is 2.83 bits per heavy atom. The molecule has 96 valence electrons. The number of thioether (sulfide) groups is 1. The van der Waals surface area contributed by atoms with E-state index in [9.17, 15) is 18.4 Å². The average molecular weight is 272 g/mol. The maximum absolute atomic E-state index is 13.6. The highest BCUT2D eigenvalue weighted by Crippen LogP contribution is 2.39. The van der Waals surface area contributed by atoms with E-state index < -0.39 is 22.9 Å². The molecule has 0 unspecified atom stereocenters. The van der Waals surface area contributed by atoms with Crippen molar-refractivity contribution in [3.63, 3.8) is 0 Å². The lowest BCUT2D eigenvalue weighted by Gasteiger charge is -2.23. The molecule has 1 aliphatic rings. The van der Waals surface area contributed by atoms with Gasteiger partial charge in [0.25, 0.3) is 0 Å². The molecule has 0 saturated carbocycles. The van der Waals surface area contributed by atoms with E-state index in [1.54, 1.807) is 0 Å². The molecular weight excluding hydrogens is 262 g/mol. The predicted molar refractivity (Wildman–Crippen MR) is 62.5 cm³/mol. The van der Waals surface area contributed by atoms with Gasteiger partial charge in [-0.1, -0.05) is 6.07 Å². The van der Waals surface area contributed by atoms with Crippen molar-refractivity contribution < 1.29 is 18.4 Å². The number of hydrogen-bond donors (Lipinski definition) is 1. The first kappa shape index (κ1) is 12.8. The number of rotatable bonds is 3. The summed E-state index contributed by atoms with van der Waals surface area (Å²) < 4.78 is 26.4. The zero-order chi connectivity index (χ0) is 13.3. The first-order valence-corrected chi connectivity index (χ1v) is 6.18. The summed E-state index contributed by atoms with van der Waals surface area (Å²) in [6, 6.07) is 3.14. The third kappa shape index (κ3) is 2.45. The highest BCUT2D eigenvalue weighted by Gasteiger charge is 2.35. The van der Waals surface area contributed by atoms with Gasteiger partial charge in [-0.05, 0) is 6.07 Å². The Hall–Kier alpha value is -1.63. The lowest BCUT2D eigenvalue weighted by Crippen LogP contribution is -2.36. The van der Waals surface area contributed by atoms with Crippen LogP contribution in [0.1, 0.15) is 10.9 Å². The molecule has 2 rings (SSSR count). The van der Waals surface area contributed by atoms with Crippen molar-refractivity contribution in [2.75, 3.05) is 12.3 Å². The SMILES string of the molecule is NC(=O)CN1C(=O)CS[C@@H]1c1ccc(F)cc1F. The van der Waals surface area contributed by atoms with Crippen molar-refractivity contribution >= 4 is 23.6 Å². The van der Waals surface area contributed by atoms with Gasteiger partial charge >= 0.3 is 0 Å². The minimum absolute atomic E-state index is 0.148. The molecule has 2 N–H and O–H groups in total. The number of hydrogen-bond acceptors (Lipinski definition) is 3. The standard InChI is InChI=1S/C11H10F2N2O2S/c12-6-1-2-7(8(13)3-6)11-15(4-9(14)16)10(17)5-18-11/h1-3,11H,4-5H2,(H2,14,16)/t11-/m1/s1. The fourth-order valence-corrected chi connectivity index (χ4v) is 2.96. The van der Waals surface area contributed by atoms with Gasteiger partial charge in [0, 0.05) is 11.6 Å². The maximum Gasteiger partial charge on any atom is 0.237 e. The largest absolute Gasteiger partial charge is 0.368 e. The molecule has 1 atom stereocenters. The van der Waals surface area contributed by atoms with Gasteiger partial charge < -0.3 is 10.6 Å². The van der Waals surface area contributed by atoms with E-state index in [2.05, 4.69) is 0 Å². The summed E-state index contributed by atoms with van der Waals surface area (Å²) in [6.07, 6.45) is 0. The first-order chi connectivity index (χ1) is 8.49. The summed E-state index contributed by atoms with van der Waals surface area (Å²) in [5, 5.41) is -0.634. The van der Waals surface area contributed by atoms with E-state index in [0.29, 0.717) is 0 Å². The minimum atomic E-state index is -0.739. The maximum atomic E-state index is 13.6. The van der Waals surface area contributed by atoms with Gasteiger partial charge in [0.2, 0.25) is 11.8 Å². The summed E-state index contributed by atoms with van der Waals surface area (Å²) in [5.41, 5.74) is 5.22. The lowest BCUT2D eigenvalue weighted by molar-refractivity contribution is -0.132. The average Bonchev–Trinajstić information content (AvgIpc) is 2.60. The second-order valence-corrected chi connectivity index (χ2v) is 4.89. The predicted octanol–water partition coefficient (Wildman–Crippen LogP) is 1.02. The molecule has 1 fully saturated rings. The molecule has 0 aliphatic carbocycles. The third-order valence-electron chi connectivity index (χ3n) is 2.52. The van der Waals surface area contributed by atoms with Crippen LogP contribution in [0.15, 0.2) is 18.2 Å². The van der Waals surface area contributed by atoms with E-state index >= 15 is 0 Å². The van der Waals surface area contributed by atoms with Crippen molar-refractivity contribution in [1.82, 2.24) is 4.90 Å². The van der Waals surface area contributed by atoms with Crippen molar-refractivity contribution in [2.45, 2.75) is 5.37 Å². The van der Waals surface area contributed by atoms with Crippen molar-refractivity contribution in [1.29, 1.82) is 0 Å². The van der Waals surface area contributed by atoms with Gasteiger partial charge in [-0.25, -0.2) is 8.78 Å². The van der Waals surface area contributed by atoms with Gasteiger partial charge in [-0.3, -0.25) is 9.59 Å². The number of nitrogens with zero attached hydrogens (tertiary/aromatic N) is 1. The summed E-state index contributed by atoms with van der Waals surface area (Å²) in [7, 11) is 0. The van der Waals surface area contributed by atoms with Crippen LogP contribution in [0.3, 0.4) is 0 Å². The molecule has 4 nitrogen and oxygen atoms in total. The Morgan fingerprint density at radius 2 is 2.22 bits per heavy atom. The molecule has 18 heavy (non-hydrogen) atoms. The second-order valence-electron chi connectivity index (χ2n) is 3.82. The van der Waals surface area contributed by atoms with Crippen LogP contribution < -0.4 is 5.73 Å². The van der Waals surface area contributed by atoms with E-state index in [1.165, 1.54) is 22.7 Å². The van der Waals surface area contributed by atoms with Crippen LogP contribution in [0.4, 0.5) is 8.78 Å². The van der Waals surface area contributed by atoms with E-state index in [-0.39, 0.29) is 23.8 Å². The highest BCUT2D eigenvalue weighted by atomic mass is 32.2. The lowest BCUT2D eigenvalue weighted by atomic mass is 10.2. The van der Waals surface area contributed by atoms with Crippen LogP contribution in [-0.4, -0.2) is 29.0 Å². The van der Waals surface area contributed by atoms with Crippen LogP contribution in [0.5, 0.6) is 0 Å². The molecule has 0 aromatic heterocycles. The van der Waals surface area contributed by atoms with Gasteiger partial charge in [0.05, 0.1) is 5.75 Å². The monoisotopic (exact) mass is 272 g/mol. The molecule has 2 amide bonds. The first-order valence-electron chi connectivity index (χ1n) is 5.13. The van der Waals surface area contributed by atoms with Crippen LogP contribution in [-0.2, 0) is 9.59 Å². The molecule has 1 saturated heterocycles. The molecule has 1 aromatic rings. The molecule has 1 aromatic carbocycles. The van der Waals surface area contributed by atoms with Crippen molar-refractivity contribution in [2.24, 2.45) is 5.73 Å². The topological polar surface area (TPSA) is 63.4 Å². The Balaban J connectivity index is 2.31. The van der Waals surface area contributed by atoms with Crippen LogP contribution in [0.2, 0.25) is 0 Å². The Bertz CT molecular complexity index is 510. The van der Waals surface area contributed by atoms with Crippen LogP contribution in [0, 0.1) is 11.6 Å². The van der Waals surface area contributed by atoms with Crippen LogP contribution >= 0.6 is 11.8 Å². The van der Waals surface area contributed by atoms with E-state index in [0.717, 1.165) is 12.1 Å². The number of halogens is 2. The summed E-state index contributed by atoms with van der Waals surface area (Å²) in [6.45, 7) is -0.271. The molecular formula is C11H10F2N2O2S. The fourth-order valence-electron chi connectivity index (χ4n) is 1.75. The molecule has 0 spiro atoms.